The van der Waals surface area contributed by atoms with Crippen LogP contribution < -0.4 is 0 Å². The summed E-state index contributed by atoms with van der Waals surface area (Å²) >= 11 is 1.16. The molecule has 0 spiro atoms. The topological polar surface area (TPSA) is 46.6 Å². The Labute approximate surface area is 121 Å². The molecule has 0 atom stereocenters. The highest BCUT2D eigenvalue weighted by molar-refractivity contribution is 8.13. The highest BCUT2D eigenvalue weighted by Crippen LogP contribution is 2.27. The molecule has 0 aliphatic rings. The van der Waals surface area contributed by atoms with Gasteiger partial charge in [0.05, 0.1) is 12.7 Å². The molecule has 0 radical (unpaired) electrons. The molecule has 4 nitrogen and oxygen atoms in total. The maximum atomic E-state index is 11.7. The summed E-state index contributed by atoms with van der Waals surface area (Å²) in [5.41, 5.74) is 0.528. The molecule has 2 aromatic carbocycles. The van der Waals surface area contributed by atoms with Crippen molar-refractivity contribution in [2.24, 2.45) is 0 Å². The van der Waals surface area contributed by atoms with Crippen LogP contribution in [-0.4, -0.2) is 37.3 Å². The first-order valence-electron chi connectivity index (χ1n) is 6.03. The predicted octanol–water partition coefficient (Wildman–Crippen LogP) is 3.40. The van der Waals surface area contributed by atoms with E-state index in [1.807, 2.05) is 24.3 Å². The van der Waals surface area contributed by atoms with Crippen molar-refractivity contribution >= 4 is 33.7 Å². The second-order valence-corrected chi connectivity index (χ2v) is 5.47. The number of carbonyl (C=O) groups excluding carboxylic acids is 2. The summed E-state index contributed by atoms with van der Waals surface area (Å²) in [5, 5.41) is 1.69. The number of ether oxygens (including phenoxy) is 1. The maximum absolute atomic E-state index is 11.7. The van der Waals surface area contributed by atoms with Gasteiger partial charge < -0.3 is 9.64 Å². The number of rotatable bonds is 2. The molecule has 2 aromatic rings. The monoisotopic (exact) mass is 289 g/mol. The smallest absolute Gasteiger partial charge is 0.338 e. The zero-order valence-corrected chi connectivity index (χ0v) is 12.4. The normalized spacial score (nSPS) is 10.3. The van der Waals surface area contributed by atoms with E-state index in [-0.39, 0.29) is 11.2 Å². The van der Waals surface area contributed by atoms with Crippen molar-refractivity contribution in [2.75, 3.05) is 21.2 Å². The van der Waals surface area contributed by atoms with E-state index >= 15 is 0 Å². The van der Waals surface area contributed by atoms with E-state index in [2.05, 4.69) is 0 Å². The van der Waals surface area contributed by atoms with Crippen molar-refractivity contribution in [3.05, 3.63) is 42.0 Å². The van der Waals surface area contributed by atoms with Crippen molar-refractivity contribution in [1.29, 1.82) is 0 Å². The fourth-order valence-corrected chi connectivity index (χ4v) is 2.51. The second-order valence-electron chi connectivity index (χ2n) is 4.44. The van der Waals surface area contributed by atoms with Crippen molar-refractivity contribution in [2.45, 2.75) is 4.90 Å². The number of benzene rings is 2. The number of carbonyl (C=O) groups is 2. The van der Waals surface area contributed by atoms with E-state index in [9.17, 15) is 9.59 Å². The predicted molar refractivity (Wildman–Crippen MR) is 80.2 cm³/mol. The van der Waals surface area contributed by atoms with Crippen LogP contribution in [0.1, 0.15) is 10.4 Å². The summed E-state index contributed by atoms with van der Waals surface area (Å²) < 4.78 is 4.77. The Balaban J connectivity index is 2.41. The minimum atomic E-state index is -0.361. The fraction of sp³-hybridized carbons (Fsp3) is 0.200. The molecule has 0 saturated heterocycles. The van der Waals surface area contributed by atoms with Crippen LogP contribution >= 0.6 is 11.8 Å². The largest absolute Gasteiger partial charge is 0.465 e. The number of hydrogen-bond donors (Lipinski definition) is 0. The third-order valence-electron chi connectivity index (χ3n) is 2.83. The zero-order chi connectivity index (χ0) is 14.7. The minimum absolute atomic E-state index is 0.0338. The number of nitrogens with zero attached hydrogens (tertiary/aromatic N) is 1. The molecular formula is C15H15NO3S. The first kappa shape index (κ1) is 14.4. The van der Waals surface area contributed by atoms with Crippen LogP contribution in [0.4, 0.5) is 4.79 Å². The Morgan fingerprint density at radius 3 is 2.55 bits per heavy atom. The Hall–Kier alpha value is -2.01. The van der Waals surface area contributed by atoms with Gasteiger partial charge in [-0.1, -0.05) is 18.2 Å². The van der Waals surface area contributed by atoms with E-state index in [1.54, 1.807) is 26.2 Å². The molecule has 0 aliphatic heterocycles. The average molecular weight is 289 g/mol. The lowest BCUT2D eigenvalue weighted by Gasteiger charge is -2.10. The molecule has 0 saturated carbocycles. The lowest BCUT2D eigenvalue weighted by Crippen LogP contribution is -2.15. The molecule has 2 rings (SSSR count). The van der Waals surface area contributed by atoms with Gasteiger partial charge in [0.1, 0.15) is 0 Å². The van der Waals surface area contributed by atoms with E-state index in [0.717, 1.165) is 27.4 Å². The van der Waals surface area contributed by atoms with Gasteiger partial charge in [-0.3, -0.25) is 4.79 Å². The number of amides is 1. The van der Waals surface area contributed by atoms with Gasteiger partial charge in [0.2, 0.25) is 0 Å². The number of fused-ring (bicyclic) bond motifs is 1. The Morgan fingerprint density at radius 1 is 1.15 bits per heavy atom. The summed E-state index contributed by atoms with van der Waals surface area (Å²) in [7, 11) is 4.79. The quantitative estimate of drug-likeness (QED) is 0.628. The number of esters is 1. The summed E-state index contributed by atoms with van der Waals surface area (Å²) in [6.45, 7) is 0. The van der Waals surface area contributed by atoms with Gasteiger partial charge in [0, 0.05) is 19.0 Å². The molecule has 0 unspecified atom stereocenters. The first-order chi connectivity index (χ1) is 9.52. The van der Waals surface area contributed by atoms with E-state index < -0.39 is 0 Å². The van der Waals surface area contributed by atoms with Gasteiger partial charge in [-0.05, 0) is 40.7 Å². The molecule has 0 fully saturated rings. The minimum Gasteiger partial charge on any atom is -0.465 e. The molecule has 0 heterocycles. The van der Waals surface area contributed by atoms with Crippen molar-refractivity contribution in [1.82, 2.24) is 4.90 Å². The summed E-state index contributed by atoms with van der Waals surface area (Å²) in [6, 6.07) is 11.0. The maximum Gasteiger partial charge on any atom is 0.338 e. The molecule has 5 heteroatoms. The van der Waals surface area contributed by atoms with Gasteiger partial charge in [-0.2, -0.15) is 0 Å². The van der Waals surface area contributed by atoms with E-state index in [0.29, 0.717) is 5.56 Å². The number of methoxy groups -OCH3 is 1. The van der Waals surface area contributed by atoms with Crippen molar-refractivity contribution in [3.63, 3.8) is 0 Å². The molecule has 0 N–H and O–H groups in total. The molecular weight excluding hydrogens is 274 g/mol. The third kappa shape index (κ3) is 2.93. The lowest BCUT2D eigenvalue weighted by molar-refractivity contribution is 0.0603. The highest BCUT2D eigenvalue weighted by Gasteiger charge is 2.11. The Kier molecular flexibility index (Phi) is 4.29. The van der Waals surface area contributed by atoms with Crippen molar-refractivity contribution in [3.8, 4) is 0 Å². The van der Waals surface area contributed by atoms with Crippen LogP contribution in [0.5, 0.6) is 0 Å². The first-order valence-corrected chi connectivity index (χ1v) is 6.85. The van der Waals surface area contributed by atoms with Crippen LogP contribution in [0, 0.1) is 0 Å². The van der Waals surface area contributed by atoms with Gasteiger partial charge >= 0.3 is 5.97 Å². The van der Waals surface area contributed by atoms with E-state index in [4.69, 9.17) is 4.74 Å². The zero-order valence-electron chi connectivity index (χ0n) is 11.5. The van der Waals surface area contributed by atoms with Crippen molar-refractivity contribution < 1.29 is 14.3 Å². The molecule has 104 valence electrons. The van der Waals surface area contributed by atoms with Gasteiger partial charge in [-0.15, -0.1) is 0 Å². The molecule has 20 heavy (non-hydrogen) atoms. The van der Waals surface area contributed by atoms with Crippen LogP contribution in [0.15, 0.2) is 41.3 Å². The van der Waals surface area contributed by atoms with Crippen LogP contribution in [-0.2, 0) is 4.74 Å². The second kappa shape index (κ2) is 5.96. The summed E-state index contributed by atoms with van der Waals surface area (Å²) in [6.07, 6.45) is 0. The van der Waals surface area contributed by atoms with Crippen LogP contribution in [0.3, 0.4) is 0 Å². The molecule has 0 aromatic heterocycles. The van der Waals surface area contributed by atoms with E-state index in [1.165, 1.54) is 12.0 Å². The Morgan fingerprint density at radius 2 is 1.90 bits per heavy atom. The average Bonchev–Trinajstić information content (AvgIpc) is 2.45. The van der Waals surface area contributed by atoms with Crippen LogP contribution in [0.25, 0.3) is 10.8 Å². The summed E-state index contributed by atoms with van der Waals surface area (Å²) in [5.74, 6) is -0.361. The Bertz CT molecular complexity index is 667. The molecule has 0 aliphatic carbocycles. The van der Waals surface area contributed by atoms with Gasteiger partial charge in [0.15, 0.2) is 0 Å². The lowest BCUT2D eigenvalue weighted by atomic mass is 10.0. The molecule has 1 amide bonds. The molecule has 0 bridgehead atoms. The van der Waals surface area contributed by atoms with Crippen LogP contribution in [0.2, 0.25) is 0 Å². The highest BCUT2D eigenvalue weighted by atomic mass is 32.2. The fourth-order valence-electron chi connectivity index (χ4n) is 1.81. The number of thioether (sulfide) groups is 1. The number of hydrogen-bond acceptors (Lipinski definition) is 4. The standard InChI is InChI=1S/C15H15NO3S/c1-16(2)15(18)20-11-7-8-12-10(9-11)5-4-6-13(12)14(17)19-3/h4-9H,1-3H3. The van der Waals surface area contributed by atoms with Gasteiger partial charge in [0.25, 0.3) is 5.24 Å². The van der Waals surface area contributed by atoms with Gasteiger partial charge in [-0.25, -0.2) is 4.79 Å². The summed E-state index contributed by atoms with van der Waals surface area (Å²) in [4.78, 5) is 25.7. The third-order valence-corrected chi connectivity index (χ3v) is 3.86. The SMILES string of the molecule is COC(=O)c1cccc2cc(SC(=O)N(C)C)ccc12.